The fourth-order valence-corrected chi connectivity index (χ4v) is 3.77. The fraction of sp³-hybridized carbons (Fsp3) is 0.929. The molecule has 1 aliphatic heterocycles. The minimum absolute atomic E-state index is 0.355. The molecule has 0 aromatic heterocycles. The summed E-state index contributed by atoms with van der Waals surface area (Å²) < 4.78 is 0. The zero-order chi connectivity index (χ0) is 12.8. The average molecular weight is 270 g/mol. The van der Waals surface area contributed by atoms with Crippen molar-refractivity contribution < 1.29 is 4.79 Å². The first-order valence-corrected chi connectivity index (χ1v) is 8.44. The second kappa shape index (κ2) is 7.39. The summed E-state index contributed by atoms with van der Waals surface area (Å²) in [5, 5.41) is 4.06. The Morgan fingerprint density at radius 3 is 2.56 bits per heavy atom. The number of carbonyl (C=O) groups excluding carboxylic acids is 1. The Morgan fingerprint density at radius 2 is 2.00 bits per heavy atom. The van der Waals surface area contributed by atoms with Crippen LogP contribution in [-0.2, 0) is 4.79 Å². The molecule has 18 heavy (non-hydrogen) atoms. The molecule has 0 unspecified atom stereocenters. The molecule has 0 aromatic rings. The monoisotopic (exact) mass is 270 g/mol. The summed E-state index contributed by atoms with van der Waals surface area (Å²) in [4.78, 5) is 14.2. The van der Waals surface area contributed by atoms with Crippen LogP contribution in [-0.4, -0.2) is 48.0 Å². The number of piperidine rings is 1. The van der Waals surface area contributed by atoms with Crippen LogP contribution < -0.4 is 5.32 Å². The first-order chi connectivity index (χ1) is 8.79. The third kappa shape index (κ3) is 4.16. The van der Waals surface area contributed by atoms with E-state index in [0.717, 1.165) is 32.1 Å². The van der Waals surface area contributed by atoms with Gasteiger partial charge in [0.15, 0.2) is 0 Å². The van der Waals surface area contributed by atoms with Crippen molar-refractivity contribution in [2.45, 2.75) is 44.3 Å². The lowest BCUT2D eigenvalue weighted by molar-refractivity contribution is -0.129. The molecule has 0 radical (unpaired) electrons. The van der Waals surface area contributed by atoms with Crippen LogP contribution >= 0.6 is 11.8 Å². The van der Waals surface area contributed by atoms with Crippen LogP contribution in [0.1, 0.15) is 39.0 Å². The number of nitrogens with zero attached hydrogens (tertiary/aromatic N) is 1. The lowest BCUT2D eigenvalue weighted by Crippen LogP contribution is -2.39. The Labute approximate surface area is 115 Å². The summed E-state index contributed by atoms with van der Waals surface area (Å²) in [6.45, 7) is 6.22. The maximum Gasteiger partial charge on any atom is 0.232 e. The molecule has 4 heteroatoms. The van der Waals surface area contributed by atoms with E-state index in [2.05, 4.69) is 17.1 Å². The van der Waals surface area contributed by atoms with Crippen LogP contribution in [0.5, 0.6) is 0 Å². The fourth-order valence-electron chi connectivity index (χ4n) is 2.64. The SMILES string of the molecule is CCN(CC1CCC1)C(=O)CSC1CCNCC1. The Balaban J connectivity index is 1.67. The zero-order valence-electron chi connectivity index (χ0n) is 11.5. The first-order valence-electron chi connectivity index (χ1n) is 7.39. The van der Waals surface area contributed by atoms with Gasteiger partial charge in [-0.05, 0) is 51.6 Å². The Hall–Kier alpha value is -0.220. The highest BCUT2D eigenvalue weighted by Crippen LogP contribution is 2.27. The van der Waals surface area contributed by atoms with E-state index in [1.165, 1.54) is 32.1 Å². The normalized spacial score (nSPS) is 21.6. The molecule has 3 nitrogen and oxygen atoms in total. The van der Waals surface area contributed by atoms with Crippen molar-refractivity contribution in [2.24, 2.45) is 5.92 Å². The van der Waals surface area contributed by atoms with Gasteiger partial charge in [0.1, 0.15) is 0 Å². The number of hydrogen-bond acceptors (Lipinski definition) is 3. The van der Waals surface area contributed by atoms with Crippen molar-refractivity contribution in [3.63, 3.8) is 0 Å². The molecule has 1 saturated carbocycles. The van der Waals surface area contributed by atoms with Gasteiger partial charge in [0.05, 0.1) is 5.75 Å². The highest BCUT2D eigenvalue weighted by atomic mass is 32.2. The van der Waals surface area contributed by atoms with Crippen LogP contribution in [0.25, 0.3) is 0 Å². The van der Waals surface area contributed by atoms with Gasteiger partial charge in [-0.2, -0.15) is 0 Å². The number of rotatable bonds is 6. The van der Waals surface area contributed by atoms with Crippen molar-refractivity contribution in [2.75, 3.05) is 31.9 Å². The van der Waals surface area contributed by atoms with Crippen LogP contribution in [0.2, 0.25) is 0 Å². The molecule has 0 atom stereocenters. The molecule has 1 saturated heterocycles. The lowest BCUT2D eigenvalue weighted by atomic mass is 9.85. The molecular weight excluding hydrogens is 244 g/mol. The highest BCUT2D eigenvalue weighted by Gasteiger charge is 2.23. The lowest BCUT2D eigenvalue weighted by Gasteiger charge is -2.32. The summed E-state index contributed by atoms with van der Waals surface area (Å²) >= 11 is 1.87. The van der Waals surface area contributed by atoms with Gasteiger partial charge in [0, 0.05) is 18.3 Å². The van der Waals surface area contributed by atoms with Gasteiger partial charge >= 0.3 is 0 Å². The number of hydrogen-bond donors (Lipinski definition) is 1. The van der Waals surface area contributed by atoms with Crippen LogP contribution in [0, 0.1) is 5.92 Å². The maximum atomic E-state index is 12.2. The molecule has 0 bridgehead atoms. The number of amides is 1. The third-order valence-corrected chi connectivity index (χ3v) is 5.52. The van der Waals surface area contributed by atoms with E-state index in [0.29, 0.717) is 16.9 Å². The number of carbonyl (C=O) groups is 1. The minimum atomic E-state index is 0.355. The molecule has 104 valence electrons. The maximum absolute atomic E-state index is 12.2. The summed E-state index contributed by atoms with van der Waals surface area (Å²) in [6, 6.07) is 0. The second-order valence-corrected chi connectivity index (χ2v) is 6.78. The largest absolute Gasteiger partial charge is 0.342 e. The average Bonchev–Trinajstić information content (AvgIpc) is 2.36. The van der Waals surface area contributed by atoms with Crippen LogP contribution in [0.3, 0.4) is 0 Å². The predicted octanol–water partition coefficient (Wildman–Crippen LogP) is 2.12. The van der Waals surface area contributed by atoms with E-state index in [9.17, 15) is 4.79 Å². The van der Waals surface area contributed by atoms with Crippen LogP contribution in [0.15, 0.2) is 0 Å². The molecule has 0 spiro atoms. The molecule has 0 aromatic carbocycles. The minimum Gasteiger partial charge on any atom is -0.342 e. The van der Waals surface area contributed by atoms with Crippen molar-refractivity contribution in [3.8, 4) is 0 Å². The number of thioether (sulfide) groups is 1. The Bertz CT molecular complexity index is 263. The Kier molecular flexibility index (Phi) is 5.83. The first kappa shape index (κ1) is 14.2. The molecule has 2 fully saturated rings. The van der Waals surface area contributed by atoms with Crippen LogP contribution in [0.4, 0.5) is 0 Å². The molecule has 1 aliphatic carbocycles. The van der Waals surface area contributed by atoms with E-state index in [-0.39, 0.29) is 0 Å². The van der Waals surface area contributed by atoms with Crippen molar-refractivity contribution in [1.29, 1.82) is 0 Å². The summed E-state index contributed by atoms with van der Waals surface area (Å²) in [6.07, 6.45) is 6.44. The van der Waals surface area contributed by atoms with Gasteiger partial charge in [-0.15, -0.1) is 11.8 Å². The predicted molar refractivity (Wildman–Crippen MR) is 77.9 cm³/mol. The number of nitrogens with one attached hydrogen (secondary N) is 1. The second-order valence-electron chi connectivity index (χ2n) is 5.49. The van der Waals surface area contributed by atoms with Gasteiger partial charge < -0.3 is 10.2 Å². The molecule has 1 heterocycles. The third-order valence-electron chi connectivity index (χ3n) is 4.17. The quantitative estimate of drug-likeness (QED) is 0.802. The molecule has 2 aliphatic rings. The molecular formula is C14H26N2OS. The molecule has 2 rings (SSSR count). The van der Waals surface area contributed by atoms with Crippen molar-refractivity contribution in [3.05, 3.63) is 0 Å². The molecule has 1 amide bonds. The Morgan fingerprint density at radius 1 is 1.28 bits per heavy atom. The van der Waals surface area contributed by atoms with Gasteiger partial charge in [0.25, 0.3) is 0 Å². The standard InChI is InChI=1S/C14H26N2OS/c1-2-16(10-12-4-3-5-12)14(17)11-18-13-6-8-15-9-7-13/h12-13,15H,2-11H2,1H3. The highest BCUT2D eigenvalue weighted by molar-refractivity contribution is 8.00. The molecule has 1 N–H and O–H groups in total. The van der Waals surface area contributed by atoms with Gasteiger partial charge in [0.2, 0.25) is 5.91 Å². The van der Waals surface area contributed by atoms with E-state index in [4.69, 9.17) is 0 Å². The van der Waals surface area contributed by atoms with Gasteiger partial charge in [-0.3, -0.25) is 4.79 Å². The zero-order valence-corrected chi connectivity index (χ0v) is 12.3. The summed E-state index contributed by atoms with van der Waals surface area (Å²) in [5.41, 5.74) is 0. The van der Waals surface area contributed by atoms with E-state index < -0.39 is 0 Å². The van der Waals surface area contributed by atoms with E-state index in [1.807, 2.05) is 11.8 Å². The van der Waals surface area contributed by atoms with Gasteiger partial charge in [-0.1, -0.05) is 6.42 Å². The van der Waals surface area contributed by atoms with Crippen molar-refractivity contribution >= 4 is 17.7 Å². The van der Waals surface area contributed by atoms with Crippen molar-refractivity contribution in [1.82, 2.24) is 10.2 Å². The van der Waals surface area contributed by atoms with E-state index >= 15 is 0 Å². The van der Waals surface area contributed by atoms with E-state index in [1.54, 1.807) is 0 Å². The summed E-state index contributed by atoms with van der Waals surface area (Å²) in [7, 11) is 0. The topological polar surface area (TPSA) is 32.3 Å². The summed E-state index contributed by atoms with van der Waals surface area (Å²) in [5.74, 6) is 1.83. The van der Waals surface area contributed by atoms with Gasteiger partial charge in [-0.25, -0.2) is 0 Å². The smallest absolute Gasteiger partial charge is 0.232 e.